The SMILES string of the molecule is COCCN(CC(=O)N(Cc1ccc2c(c1)OCO2)Cc1cccs1)C(=O)COCc1ccccc1. The number of nitrogens with zero attached hydrogens (tertiary/aromatic N) is 2. The lowest BCUT2D eigenvalue weighted by Gasteiger charge is -2.27. The summed E-state index contributed by atoms with van der Waals surface area (Å²) in [5, 5.41) is 1.98. The lowest BCUT2D eigenvalue weighted by Crippen LogP contribution is -2.44. The highest BCUT2D eigenvalue weighted by molar-refractivity contribution is 7.09. The van der Waals surface area contributed by atoms with Gasteiger partial charge in [0, 0.05) is 25.1 Å². The fourth-order valence-electron chi connectivity index (χ4n) is 3.76. The van der Waals surface area contributed by atoms with Crippen molar-refractivity contribution >= 4 is 23.2 Å². The molecule has 2 amide bonds. The van der Waals surface area contributed by atoms with Gasteiger partial charge in [-0.15, -0.1) is 11.3 Å². The van der Waals surface area contributed by atoms with E-state index in [1.807, 2.05) is 66.0 Å². The van der Waals surface area contributed by atoms with Crippen LogP contribution in [0.4, 0.5) is 0 Å². The minimum atomic E-state index is -0.254. The van der Waals surface area contributed by atoms with Crippen molar-refractivity contribution in [3.8, 4) is 11.5 Å². The maximum absolute atomic E-state index is 13.5. The third-order valence-corrected chi connectivity index (χ3v) is 6.53. The lowest BCUT2D eigenvalue weighted by molar-refractivity contribution is -0.144. The molecule has 2 aromatic carbocycles. The molecule has 2 heterocycles. The fourth-order valence-corrected chi connectivity index (χ4v) is 4.48. The van der Waals surface area contributed by atoms with Crippen molar-refractivity contribution in [2.24, 2.45) is 0 Å². The van der Waals surface area contributed by atoms with Gasteiger partial charge in [0.1, 0.15) is 6.61 Å². The van der Waals surface area contributed by atoms with E-state index >= 15 is 0 Å². The predicted octanol–water partition coefficient (Wildman–Crippen LogP) is 3.70. The second-order valence-corrected chi connectivity index (χ2v) is 9.34. The van der Waals surface area contributed by atoms with Crippen molar-refractivity contribution in [3.63, 3.8) is 0 Å². The van der Waals surface area contributed by atoms with E-state index in [0.717, 1.165) is 16.0 Å². The number of methoxy groups -OCH3 is 1. The zero-order chi connectivity index (χ0) is 25.2. The molecule has 0 fully saturated rings. The number of benzene rings is 2. The summed E-state index contributed by atoms with van der Waals surface area (Å²) in [6.07, 6.45) is 0. The van der Waals surface area contributed by atoms with E-state index in [2.05, 4.69) is 0 Å². The Labute approximate surface area is 214 Å². The van der Waals surface area contributed by atoms with Crippen LogP contribution in [0.15, 0.2) is 66.0 Å². The standard InChI is InChI=1S/C27H30N2O6S/c1-32-12-11-28(27(31)19-33-18-21-6-3-2-4-7-21)17-26(30)29(16-23-8-5-13-36-23)15-22-9-10-24-25(14-22)35-20-34-24/h2-10,13-14H,11-12,15-20H2,1H3. The first-order chi connectivity index (χ1) is 17.6. The molecular formula is C27H30N2O6S. The van der Waals surface area contributed by atoms with Gasteiger partial charge in [-0.2, -0.15) is 0 Å². The molecule has 0 spiro atoms. The van der Waals surface area contributed by atoms with Crippen LogP contribution in [0.2, 0.25) is 0 Å². The normalized spacial score (nSPS) is 11.9. The van der Waals surface area contributed by atoms with Gasteiger partial charge in [-0.1, -0.05) is 42.5 Å². The van der Waals surface area contributed by atoms with Gasteiger partial charge < -0.3 is 28.7 Å². The summed E-state index contributed by atoms with van der Waals surface area (Å²) in [5.74, 6) is 0.953. The second kappa shape index (κ2) is 13.1. The monoisotopic (exact) mass is 510 g/mol. The number of hydrogen-bond donors (Lipinski definition) is 0. The van der Waals surface area contributed by atoms with Crippen LogP contribution in [0.3, 0.4) is 0 Å². The molecule has 0 saturated carbocycles. The summed E-state index contributed by atoms with van der Waals surface area (Å²) >= 11 is 1.59. The first-order valence-electron chi connectivity index (χ1n) is 11.7. The van der Waals surface area contributed by atoms with Crippen LogP contribution in [-0.4, -0.2) is 61.8 Å². The van der Waals surface area contributed by atoms with Gasteiger partial charge in [0.2, 0.25) is 18.6 Å². The number of amides is 2. The van der Waals surface area contributed by atoms with Gasteiger partial charge in [0.15, 0.2) is 11.5 Å². The third kappa shape index (κ3) is 7.30. The number of carbonyl (C=O) groups excluding carboxylic acids is 2. The van der Waals surface area contributed by atoms with Gasteiger partial charge >= 0.3 is 0 Å². The smallest absolute Gasteiger partial charge is 0.249 e. The number of rotatable bonds is 13. The van der Waals surface area contributed by atoms with Gasteiger partial charge in [0.25, 0.3) is 0 Å². The average Bonchev–Trinajstić information content (AvgIpc) is 3.58. The number of thiophene rings is 1. The topological polar surface area (TPSA) is 77.5 Å². The molecule has 3 aromatic rings. The molecular weight excluding hydrogens is 480 g/mol. The van der Waals surface area contributed by atoms with Crippen molar-refractivity contribution in [3.05, 3.63) is 82.0 Å². The van der Waals surface area contributed by atoms with Gasteiger partial charge in [-0.05, 0) is 34.7 Å². The first kappa shape index (κ1) is 25.7. The van der Waals surface area contributed by atoms with Crippen molar-refractivity contribution in [2.45, 2.75) is 19.7 Å². The molecule has 0 atom stereocenters. The summed E-state index contributed by atoms with van der Waals surface area (Å²) < 4.78 is 21.7. The van der Waals surface area contributed by atoms with E-state index in [4.69, 9.17) is 18.9 Å². The molecule has 9 heteroatoms. The molecule has 1 aliphatic heterocycles. The van der Waals surface area contributed by atoms with Gasteiger partial charge in [-0.25, -0.2) is 0 Å². The number of fused-ring (bicyclic) bond motifs is 1. The number of carbonyl (C=O) groups is 2. The Morgan fingerprint density at radius 1 is 0.917 bits per heavy atom. The Bertz CT molecular complexity index is 1120. The highest BCUT2D eigenvalue weighted by atomic mass is 32.1. The lowest BCUT2D eigenvalue weighted by atomic mass is 10.2. The molecule has 1 aliphatic rings. The summed E-state index contributed by atoms with van der Waals surface area (Å²) in [6.45, 7) is 1.79. The molecule has 0 radical (unpaired) electrons. The Kier molecular flexibility index (Phi) is 9.32. The minimum absolute atomic E-state index is 0.0627. The second-order valence-electron chi connectivity index (χ2n) is 8.30. The van der Waals surface area contributed by atoms with Crippen LogP contribution < -0.4 is 9.47 Å². The average molecular weight is 511 g/mol. The Hall–Kier alpha value is -3.40. The van der Waals surface area contributed by atoms with E-state index in [1.165, 1.54) is 4.90 Å². The zero-order valence-corrected chi connectivity index (χ0v) is 21.1. The number of hydrogen-bond acceptors (Lipinski definition) is 7. The van der Waals surface area contributed by atoms with Crippen LogP contribution in [0, 0.1) is 0 Å². The summed E-state index contributed by atoms with van der Waals surface area (Å²) in [4.78, 5) is 30.7. The van der Waals surface area contributed by atoms with E-state index in [-0.39, 0.29) is 31.8 Å². The van der Waals surface area contributed by atoms with Crippen molar-refractivity contribution < 1.29 is 28.5 Å². The van der Waals surface area contributed by atoms with Crippen LogP contribution >= 0.6 is 11.3 Å². The summed E-state index contributed by atoms with van der Waals surface area (Å²) in [6, 6.07) is 19.3. The molecule has 8 nitrogen and oxygen atoms in total. The quantitative estimate of drug-likeness (QED) is 0.349. The molecule has 4 rings (SSSR count). The number of ether oxygens (including phenoxy) is 4. The molecule has 0 unspecified atom stereocenters. The first-order valence-corrected chi connectivity index (χ1v) is 12.6. The maximum atomic E-state index is 13.5. The van der Waals surface area contributed by atoms with Crippen molar-refractivity contribution in [2.75, 3.05) is 40.2 Å². The molecule has 190 valence electrons. The molecule has 36 heavy (non-hydrogen) atoms. The molecule has 0 N–H and O–H groups in total. The third-order valence-electron chi connectivity index (χ3n) is 5.67. The molecule has 0 aliphatic carbocycles. The van der Waals surface area contributed by atoms with E-state index < -0.39 is 0 Å². The Morgan fingerprint density at radius 3 is 2.53 bits per heavy atom. The summed E-state index contributed by atoms with van der Waals surface area (Å²) in [5.41, 5.74) is 1.90. The highest BCUT2D eigenvalue weighted by Gasteiger charge is 2.23. The van der Waals surface area contributed by atoms with Crippen LogP contribution in [0.5, 0.6) is 11.5 Å². The molecule has 0 saturated heterocycles. The summed E-state index contributed by atoms with van der Waals surface area (Å²) in [7, 11) is 1.57. The van der Waals surface area contributed by atoms with Gasteiger partial charge in [-0.3, -0.25) is 9.59 Å². The van der Waals surface area contributed by atoms with E-state index in [1.54, 1.807) is 23.3 Å². The zero-order valence-electron chi connectivity index (χ0n) is 20.3. The largest absolute Gasteiger partial charge is 0.454 e. The van der Waals surface area contributed by atoms with E-state index in [0.29, 0.717) is 44.3 Å². The van der Waals surface area contributed by atoms with Gasteiger partial charge in [0.05, 0.1) is 26.3 Å². The maximum Gasteiger partial charge on any atom is 0.249 e. The Morgan fingerprint density at radius 2 is 1.75 bits per heavy atom. The minimum Gasteiger partial charge on any atom is -0.454 e. The predicted molar refractivity (Wildman–Crippen MR) is 136 cm³/mol. The van der Waals surface area contributed by atoms with Crippen LogP contribution in [0.25, 0.3) is 0 Å². The van der Waals surface area contributed by atoms with Crippen molar-refractivity contribution in [1.82, 2.24) is 9.80 Å². The molecule has 0 bridgehead atoms. The van der Waals surface area contributed by atoms with E-state index in [9.17, 15) is 9.59 Å². The Balaban J connectivity index is 1.41. The highest BCUT2D eigenvalue weighted by Crippen LogP contribution is 2.33. The van der Waals surface area contributed by atoms with Crippen LogP contribution in [-0.2, 0) is 38.8 Å². The fraction of sp³-hybridized carbons (Fsp3) is 0.333. The molecule has 1 aromatic heterocycles. The van der Waals surface area contributed by atoms with Crippen molar-refractivity contribution in [1.29, 1.82) is 0 Å². The van der Waals surface area contributed by atoms with Crippen LogP contribution in [0.1, 0.15) is 16.0 Å².